The number of likely N-dealkylation sites (tertiary alicyclic amines) is 1. The predicted molar refractivity (Wildman–Crippen MR) is 97.0 cm³/mol. The molecule has 1 aromatic carbocycles. The molecule has 2 aromatic rings. The van der Waals surface area contributed by atoms with E-state index in [9.17, 15) is 9.18 Å². The molecule has 0 spiro atoms. The zero-order valence-electron chi connectivity index (χ0n) is 14.6. The van der Waals surface area contributed by atoms with Crippen LogP contribution in [0.4, 0.5) is 26.5 Å². The first-order chi connectivity index (χ1) is 12.7. The van der Waals surface area contributed by atoms with E-state index in [1.54, 1.807) is 36.1 Å². The lowest BCUT2D eigenvalue weighted by molar-refractivity contribution is 0.0983. The molecule has 3 rings (SSSR count). The van der Waals surface area contributed by atoms with E-state index in [2.05, 4.69) is 20.6 Å². The molecule has 0 saturated carbocycles. The fourth-order valence-electron chi connectivity index (χ4n) is 2.84. The molecule has 0 radical (unpaired) electrons. The van der Waals surface area contributed by atoms with Crippen molar-refractivity contribution in [2.24, 2.45) is 0 Å². The summed E-state index contributed by atoms with van der Waals surface area (Å²) in [6.07, 6.45) is 2.78. The number of aromatic nitrogens is 2. The highest BCUT2D eigenvalue weighted by Gasteiger charge is 2.23. The van der Waals surface area contributed by atoms with Gasteiger partial charge in [-0.25, -0.2) is 19.2 Å². The zero-order valence-corrected chi connectivity index (χ0v) is 14.6. The molecule has 7 nitrogen and oxygen atoms in total. The minimum atomic E-state index is -0.341. The van der Waals surface area contributed by atoms with Crippen molar-refractivity contribution in [3.8, 4) is 0 Å². The van der Waals surface area contributed by atoms with Gasteiger partial charge in [0, 0.05) is 25.2 Å². The van der Waals surface area contributed by atoms with E-state index in [0.29, 0.717) is 37.0 Å². The van der Waals surface area contributed by atoms with E-state index in [4.69, 9.17) is 4.74 Å². The molecule has 0 atom stereocenters. The molecule has 2 heterocycles. The number of ether oxygens (including phenoxy) is 1. The molecule has 1 aromatic heterocycles. The number of anilines is 3. The van der Waals surface area contributed by atoms with E-state index >= 15 is 0 Å². The van der Waals surface area contributed by atoms with Gasteiger partial charge in [0.2, 0.25) is 0 Å². The van der Waals surface area contributed by atoms with Crippen LogP contribution in [0.3, 0.4) is 0 Å². The van der Waals surface area contributed by atoms with Crippen LogP contribution in [0.2, 0.25) is 0 Å². The van der Waals surface area contributed by atoms with Gasteiger partial charge in [-0.2, -0.15) is 0 Å². The number of rotatable bonds is 5. The van der Waals surface area contributed by atoms with Crippen molar-refractivity contribution in [2.75, 3.05) is 30.3 Å². The number of halogens is 1. The third-order valence-corrected chi connectivity index (χ3v) is 4.18. The first kappa shape index (κ1) is 17.9. The van der Waals surface area contributed by atoms with Gasteiger partial charge < -0.3 is 20.3 Å². The summed E-state index contributed by atoms with van der Waals surface area (Å²) < 4.78 is 18.8. The summed E-state index contributed by atoms with van der Waals surface area (Å²) in [6.45, 7) is 3.47. The number of para-hydroxylation sites is 1. The molecule has 138 valence electrons. The SMILES string of the molecule is CCOC(=O)N1CCC(Nc2cc(Nc3ccccc3F)ncn2)CC1. The quantitative estimate of drug-likeness (QED) is 0.852. The highest BCUT2D eigenvalue weighted by atomic mass is 19.1. The van der Waals surface area contributed by atoms with E-state index in [0.717, 1.165) is 12.8 Å². The van der Waals surface area contributed by atoms with Crippen molar-refractivity contribution in [3.05, 3.63) is 42.5 Å². The first-order valence-electron chi connectivity index (χ1n) is 8.67. The Kier molecular flexibility index (Phi) is 5.83. The maximum absolute atomic E-state index is 13.7. The van der Waals surface area contributed by atoms with Gasteiger partial charge in [0.15, 0.2) is 0 Å². The number of benzene rings is 1. The lowest BCUT2D eigenvalue weighted by atomic mass is 10.1. The standard InChI is InChI=1S/C18H22FN5O2/c1-2-26-18(25)24-9-7-13(8-10-24)22-16-11-17(21-12-20-16)23-15-6-4-3-5-14(15)19/h3-6,11-13H,2,7-10H2,1H3,(H2,20,21,22,23). The number of hydrogen-bond acceptors (Lipinski definition) is 6. The summed E-state index contributed by atoms with van der Waals surface area (Å²) in [4.78, 5) is 21.8. The van der Waals surface area contributed by atoms with Gasteiger partial charge in [-0.05, 0) is 31.9 Å². The van der Waals surface area contributed by atoms with Crippen molar-refractivity contribution < 1.29 is 13.9 Å². The van der Waals surface area contributed by atoms with Crippen molar-refractivity contribution in [1.82, 2.24) is 14.9 Å². The van der Waals surface area contributed by atoms with Gasteiger partial charge in [0.05, 0.1) is 12.3 Å². The Morgan fingerprint density at radius 3 is 2.73 bits per heavy atom. The number of carbonyl (C=O) groups excluding carboxylic acids is 1. The van der Waals surface area contributed by atoms with Crippen molar-refractivity contribution in [1.29, 1.82) is 0 Å². The van der Waals surface area contributed by atoms with Crippen LogP contribution in [0, 0.1) is 5.82 Å². The Labute approximate surface area is 151 Å². The van der Waals surface area contributed by atoms with E-state index < -0.39 is 0 Å². The molecule has 1 aliphatic rings. The Hall–Kier alpha value is -2.90. The minimum Gasteiger partial charge on any atom is -0.450 e. The maximum Gasteiger partial charge on any atom is 0.409 e. The second-order valence-electron chi connectivity index (χ2n) is 6.00. The number of hydrogen-bond donors (Lipinski definition) is 2. The Morgan fingerprint density at radius 2 is 2.00 bits per heavy atom. The summed E-state index contributed by atoms with van der Waals surface area (Å²) in [5.74, 6) is 0.831. The Balaban J connectivity index is 1.56. The summed E-state index contributed by atoms with van der Waals surface area (Å²) >= 11 is 0. The van der Waals surface area contributed by atoms with Gasteiger partial charge >= 0.3 is 6.09 Å². The van der Waals surface area contributed by atoms with E-state index in [1.165, 1.54) is 12.4 Å². The van der Waals surface area contributed by atoms with Crippen LogP contribution in [0.5, 0.6) is 0 Å². The van der Waals surface area contributed by atoms with E-state index in [1.807, 2.05) is 0 Å². The predicted octanol–water partition coefficient (Wildman–Crippen LogP) is 3.39. The van der Waals surface area contributed by atoms with Gasteiger partial charge in [0.1, 0.15) is 23.8 Å². The summed E-state index contributed by atoms with van der Waals surface area (Å²) in [6, 6.07) is 8.37. The van der Waals surface area contributed by atoms with Crippen LogP contribution in [-0.2, 0) is 4.74 Å². The highest BCUT2D eigenvalue weighted by molar-refractivity contribution is 5.67. The molecule has 2 N–H and O–H groups in total. The second kappa shape index (κ2) is 8.46. The molecule has 0 unspecified atom stereocenters. The topological polar surface area (TPSA) is 79.4 Å². The third-order valence-electron chi connectivity index (χ3n) is 4.18. The number of amides is 1. The molecule has 1 aliphatic heterocycles. The van der Waals surface area contributed by atoms with Gasteiger partial charge in [-0.15, -0.1) is 0 Å². The highest BCUT2D eigenvalue weighted by Crippen LogP contribution is 2.21. The number of carbonyl (C=O) groups is 1. The lowest BCUT2D eigenvalue weighted by Gasteiger charge is -2.31. The molecule has 0 aliphatic carbocycles. The summed E-state index contributed by atoms with van der Waals surface area (Å²) in [5.41, 5.74) is 0.361. The third kappa shape index (κ3) is 4.59. The smallest absolute Gasteiger partial charge is 0.409 e. The summed E-state index contributed by atoms with van der Waals surface area (Å²) in [5, 5.41) is 6.30. The van der Waals surface area contributed by atoms with Gasteiger partial charge in [-0.3, -0.25) is 0 Å². The maximum atomic E-state index is 13.7. The fraction of sp³-hybridized carbons (Fsp3) is 0.389. The van der Waals surface area contributed by atoms with Crippen LogP contribution in [0.25, 0.3) is 0 Å². The molecule has 1 fully saturated rings. The molecule has 1 amide bonds. The Morgan fingerprint density at radius 1 is 1.27 bits per heavy atom. The summed E-state index contributed by atoms with van der Waals surface area (Å²) in [7, 11) is 0. The Bertz CT molecular complexity index is 750. The first-order valence-corrected chi connectivity index (χ1v) is 8.67. The van der Waals surface area contributed by atoms with Gasteiger partial charge in [0.25, 0.3) is 0 Å². The fourth-order valence-corrected chi connectivity index (χ4v) is 2.84. The van der Waals surface area contributed by atoms with Crippen molar-refractivity contribution in [3.63, 3.8) is 0 Å². The monoisotopic (exact) mass is 359 g/mol. The van der Waals surface area contributed by atoms with E-state index in [-0.39, 0.29) is 18.0 Å². The van der Waals surface area contributed by atoms with Crippen molar-refractivity contribution >= 4 is 23.4 Å². The number of piperidine rings is 1. The number of nitrogens with one attached hydrogen (secondary N) is 2. The average Bonchev–Trinajstić information content (AvgIpc) is 2.65. The van der Waals surface area contributed by atoms with Crippen LogP contribution < -0.4 is 10.6 Å². The molecule has 1 saturated heterocycles. The van der Waals surface area contributed by atoms with Crippen LogP contribution >= 0.6 is 0 Å². The van der Waals surface area contributed by atoms with Crippen LogP contribution in [-0.4, -0.2) is 46.7 Å². The largest absolute Gasteiger partial charge is 0.450 e. The molecule has 8 heteroatoms. The number of nitrogens with zero attached hydrogens (tertiary/aromatic N) is 3. The molecular formula is C18H22FN5O2. The van der Waals surface area contributed by atoms with Crippen LogP contribution in [0.1, 0.15) is 19.8 Å². The van der Waals surface area contributed by atoms with Crippen molar-refractivity contribution in [2.45, 2.75) is 25.8 Å². The van der Waals surface area contributed by atoms with Crippen LogP contribution in [0.15, 0.2) is 36.7 Å². The lowest BCUT2D eigenvalue weighted by Crippen LogP contribution is -2.42. The minimum absolute atomic E-state index is 0.205. The zero-order chi connectivity index (χ0) is 18.4. The normalized spacial score (nSPS) is 14.8. The molecular weight excluding hydrogens is 337 g/mol. The van der Waals surface area contributed by atoms with Gasteiger partial charge in [-0.1, -0.05) is 12.1 Å². The second-order valence-corrected chi connectivity index (χ2v) is 6.00. The molecule has 0 bridgehead atoms. The average molecular weight is 359 g/mol. The molecule has 26 heavy (non-hydrogen) atoms.